The second-order valence-electron chi connectivity index (χ2n) is 6.83. The van der Waals surface area contributed by atoms with Gasteiger partial charge in [0.15, 0.2) is 6.61 Å². The third kappa shape index (κ3) is 3.94. The number of esters is 1. The summed E-state index contributed by atoms with van der Waals surface area (Å²) in [4.78, 5) is 49.4. The number of amides is 4. The van der Waals surface area contributed by atoms with Crippen LogP contribution in [0, 0.1) is 0 Å². The van der Waals surface area contributed by atoms with Gasteiger partial charge in [0.2, 0.25) is 0 Å². The fourth-order valence-corrected chi connectivity index (χ4v) is 3.59. The first-order valence-electron chi connectivity index (χ1n) is 9.12. The van der Waals surface area contributed by atoms with Crippen LogP contribution in [0.4, 0.5) is 10.5 Å². The first kappa shape index (κ1) is 18.9. The number of carbonyl (C=O) groups excluding carboxylic acids is 4. The van der Waals surface area contributed by atoms with E-state index < -0.39 is 36.6 Å². The number of nitrogens with zero attached hydrogens (tertiary/aromatic N) is 1. The Labute approximate surface area is 157 Å². The molecule has 4 amide bonds. The lowest BCUT2D eigenvalue weighted by Crippen LogP contribution is -2.44. The molecule has 27 heavy (non-hydrogen) atoms. The molecule has 1 saturated carbocycles. The lowest BCUT2D eigenvalue weighted by molar-refractivity contribution is -0.150. The molecule has 1 aliphatic carbocycles. The second kappa shape index (κ2) is 7.77. The van der Waals surface area contributed by atoms with Gasteiger partial charge in [0.1, 0.15) is 12.1 Å². The minimum Gasteiger partial charge on any atom is -0.454 e. The van der Waals surface area contributed by atoms with Crippen LogP contribution < -0.4 is 10.6 Å². The van der Waals surface area contributed by atoms with Gasteiger partial charge in [0.05, 0.1) is 0 Å². The zero-order valence-electron chi connectivity index (χ0n) is 15.2. The SMILES string of the molecule is CCc1ccccc1NC(=O)COC(=O)CN1C(=O)NC2(CCCC2)C1=O. The van der Waals surface area contributed by atoms with Crippen LogP contribution >= 0.6 is 0 Å². The Morgan fingerprint density at radius 2 is 1.93 bits per heavy atom. The molecule has 1 aliphatic heterocycles. The molecule has 3 rings (SSSR count). The van der Waals surface area contributed by atoms with Crippen LogP contribution in [0.3, 0.4) is 0 Å². The molecule has 1 saturated heterocycles. The Bertz CT molecular complexity index is 770. The van der Waals surface area contributed by atoms with E-state index in [1.807, 2.05) is 19.1 Å². The van der Waals surface area contributed by atoms with E-state index in [0.29, 0.717) is 18.5 Å². The van der Waals surface area contributed by atoms with E-state index in [4.69, 9.17) is 4.74 Å². The van der Waals surface area contributed by atoms with Crippen LogP contribution in [0.15, 0.2) is 24.3 Å². The van der Waals surface area contributed by atoms with Crippen LogP contribution in [0.1, 0.15) is 38.2 Å². The molecule has 0 unspecified atom stereocenters. The van der Waals surface area contributed by atoms with Gasteiger partial charge in [-0.3, -0.25) is 19.3 Å². The summed E-state index contributed by atoms with van der Waals surface area (Å²) < 4.78 is 4.93. The number of benzene rings is 1. The van der Waals surface area contributed by atoms with Gasteiger partial charge < -0.3 is 15.4 Å². The molecule has 144 valence electrons. The molecule has 0 radical (unpaired) electrons. The van der Waals surface area contributed by atoms with Crippen LogP contribution in [-0.2, 0) is 25.5 Å². The molecule has 2 N–H and O–H groups in total. The molecule has 1 spiro atoms. The van der Waals surface area contributed by atoms with Gasteiger partial charge in [0, 0.05) is 5.69 Å². The monoisotopic (exact) mass is 373 g/mol. The molecule has 0 atom stereocenters. The van der Waals surface area contributed by atoms with Crippen molar-refractivity contribution in [1.29, 1.82) is 0 Å². The molecular formula is C19H23N3O5. The molecule has 0 aromatic heterocycles. The van der Waals surface area contributed by atoms with Crippen molar-refractivity contribution in [2.24, 2.45) is 0 Å². The third-order valence-electron chi connectivity index (χ3n) is 5.03. The summed E-state index contributed by atoms with van der Waals surface area (Å²) in [7, 11) is 0. The maximum atomic E-state index is 12.5. The van der Waals surface area contributed by atoms with Crippen molar-refractivity contribution in [3.8, 4) is 0 Å². The molecule has 1 heterocycles. The number of anilines is 1. The summed E-state index contributed by atoms with van der Waals surface area (Å²) in [5, 5.41) is 5.39. The zero-order valence-corrected chi connectivity index (χ0v) is 15.2. The number of hydrogen-bond donors (Lipinski definition) is 2. The average molecular weight is 373 g/mol. The predicted octanol–water partition coefficient (Wildman–Crippen LogP) is 1.60. The van der Waals surface area contributed by atoms with Crippen LogP contribution in [0.2, 0.25) is 0 Å². The van der Waals surface area contributed by atoms with E-state index in [-0.39, 0.29) is 5.91 Å². The number of ether oxygens (including phenoxy) is 1. The van der Waals surface area contributed by atoms with Gasteiger partial charge in [-0.2, -0.15) is 0 Å². The topological polar surface area (TPSA) is 105 Å². The zero-order chi connectivity index (χ0) is 19.4. The molecule has 0 bridgehead atoms. The van der Waals surface area contributed by atoms with Crippen molar-refractivity contribution >= 4 is 29.5 Å². The summed E-state index contributed by atoms with van der Waals surface area (Å²) in [5.74, 6) is -1.66. The second-order valence-corrected chi connectivity index (χ2v) is 6.83. The highest BCUT2D eigenvalue weighted by atomic mass is 16.5. The smallest absolute Gasteiger partial charge is 0.326 e. The molecule has 8 heteroatoms. The summed E-state index contributed by atoms with van der Waals surface area (Å²) in [5.41, 5.74) is 0.773. The largest absolute Gasteiger partial charge is 0.454 e. The maximum Gasteiger partial charge on any atom is 0.326 e. The van der Waals surface area contributed by atoms with E-state index >= 15 is 0 Å². The Morgan fingerprint density at radius 3 is 2.63 bits per heavy atom. The van der Waals surface area contributed by atoms with Crippen LogP contribution in [-0.4, -0.2) is 47.4 Å². The predicted molar refractivity (Wildman–Crippen MR) is 96.9 cm³/mol. The summed E-state index contributed by atoms with van der Waals surface area (Å²) in [6.07, 6.45) is 3.66. The van der Waals surface area contributed by atoms with E-state index in [1.165, 1.54) is 0 Å². The number of hydrogen-bond acceptors (Lipinski definition) is 5. The molecule has 2 fully saturated rings. The number of imide groups is 1. The third-order valence-corrected chi connectivity index (χ3v) is 5.03. The van der Waals surface area contributed by atoms with Crippen molar-refractivity contribution in [2.75, 3.05) is 18.5 Å². The van der Waals surface area contributed by atoms with Crippen LogP contribution in [0.5, 0.6) is 0 Å². The standard InChI is InChI=1S/C19H23N3O5/c1-2-13-7-3-4-8-14(13)20-15(23)12-27-16(24)11-22-17(25)19(21-18(22)26)9-5-6-10-19/h3-4,7-8H,2,5-6,9-12H2,1H3,(H,20,23)(H,21,26). The average Bonchev–Trinajstić information content (AvgIpc) is 3.21. The molecule has 1 aromatic carbocycles. The van der Waals surface area contributed by atoms with Gasteiger partial charge >= 0.3 is 12.0 Å². The molecule has 2 aliphatic rings. The molecule has 8 nitrogen and oxygen atoms in total. The Morgan fingerprint density at radius 1 is 1.22 bits per heavy atom. The fraction of sp³-hybridized carbons (Fsp3) is 0.474. The normalized spacial score (nSPS) is 17.9. The van der Waals surface area contributed by atoms with Gasteiger partial charge in [-0.05, 0) is 30.9 Å². The van der Waals surface area contributed by atoms with Crippen molar-refractivity contribution in [1.82, 2.24) is 10.2 Å². The minimum absolute atomic E-state index is 0.386. The lowest BCUT2D eigenvalue weighted by atomic mass is 9.98. The summed E-state index contributed by atoms with van der Waals surface area (Å²) in [6, 6.07) is 6.77. The van der Waals surface area contributed by atoms with Crippen molar-refractivity contribution in [2.45, 2.75) is 44.6 Å². The van der Waals surface area contributed by atoms with E-state index in [1.54, 1.807) is 12.1 Å². The van der Waals surface area contributed by atoms with Crippen molar-refractivity contribution in [3.05, 3.63) is 29.8 Å². The fourth-order valence-electron chi connectivity index (χ4n) is 3.59. The van der Waals surface area contributed by atoms with Gasteiger partial charge in [-0.1, -0.05) is 38.0 Å². The Balaban J connectivity index is 1.50. The highest BCUT2D eigenvalue weighted by molar-refractivity contribution is 6.09. The molecular weight excluding hydrogens is 350 g/mol. The summed E-state index contributed by atoms with van der Waals surface area (Å²) in [6.45, 7) is 0.997. The Kier molecular flexibility index (Phi) is 5.43. The maximum absolute atomic E-state index is 12.5. The molecule has 1 aromatic rings. The summed E-state index contributed by atoms with van der Waals surface area (Å²) >= 11 is 0. The number of urea groups is 1. The Hall–Kier alpha value is -2.90. The van der Waals surface area contributed by atoms with E-state index in [0.717, 1.165) is 29.7 Å². The first-order valence-corrected chi connectivity index (χ1v) is 9.12. The highest BCUT2D eigenvalue weighted by Crippen LogP contribution is 2.34. The number of aryl methyl sites for hydroxylation is 1. The lowest BCUT2D eigenvalue weighted by Gasteiger charge is -2.19. The van der Waals surface area contributed by atoms with Crippen LogP contribution in [0.25, 0.3) is 0 Å². The number of rotatable bonds is 6. The first-order chi connectivity index (χ1) is 12.9. The van der Waals surface area contributed by atoms with Gasteiger partial charge in [-0.25, -0.2) is 4.79 Å². The number of nitrogens with one attached hydrogen (secondary N) is 2. The highest BCUT2D eigenvalue weighted by Gasteiger charge is 2.52. The number of carbonyl (C=O) groups is 4. The minimum atomic E-state index is -0.862. The van der Waals surface area contributed by atoms with Gasteiger partial charge in [-0.15, -0.1) is 0 Å². The van der Waals surface area contributed by atoms with Crippen molar-refractivity contribution < 1.29 is 23.9 Å². The number of para-hydroxylation sites is 1. The van der Waals surface area contributed by atoms with E-state index in [2.05, 4.69) is 10.6 Å². The van der Waals surface area contributed by atoms with Crippen molar-refractivity contribution in [3.63, 3.8) is 0 Å². The van der Waals surface area contributed by atoms with E-state index in [9.17, 15) is 19.2 Å². The van der Waals surface area contributed by atoms with Gasteiger partial charge in [0.25, 0.3) is 11.8 Å². The quantitative estimate of drug-likeness (QED) is 0.582.